The second-order valence-corrected chi connectivity index (χ2v) is 5.65. The fraction of sp³-hybridized carbons (Fsp3) is 0.235. The van der Waals surface area contributed by atoms with Crippen LogP contribution in [0.2, 0.25) is 0 Å². The molecule has 2 aromatic rings. The molecule has 7 heteroatoms. The van der Waals surface area contributed by atoms with Crippen molar-refractivity contribution in [3.8, 4) is 0 Å². The van der Waals surface area contributed by atoms with E-state index in [1.165, 1.54) is 24.3 Å². The topological polar surface area (TPSA) is 78.7 Å². The van der Waals surface area contributed by atoms with Crippen molar-refractivity contribution in [2.75, 3.05) is 31.4 Å². The zero-order valence-electron chi connectivity index (χ0n) is 13.9. The lowest BCUT2D eigenvalue weighted by Crippen LogP contribution is -2.30. The van der Waals surface area contributed by atoms with Crippen molar-refractivity contribution in [1.29, 1.82) is 0 Å². The van der Waals surface area contributed by atoms with Crippen LogP contribution < -0.4 is 10.2 Å². The maximum atomic E-state index is 12.2. The van der Waals surface area contributed by atoms with E-state index < -0.39 is 4.92 Å². The molecule has 0 aliphatic carbocycles. The van der Waals surface area contributed by atoms with Crippen LogP contribution in [-0.4, -0.2) is 37.0 Å². The molecular weight excluding hydrogens is 308 g/mol. The van der Waals surface area contributed by atoms with Crippen LogP contribution in [0.3, 0.4) is 0 Å². The van der Waals surface area contributed by atoms with Crippen molar-refractivity contribution < 1.29 is 9.72 Å². The van der Waals surface area contributed by atoms with Crippen LogP contribution in [-0.2, 0) is 6.54 Å². The van der Waals surface area contributed by atoms with Crippen molar-refractivity contribution in [1.82, 2.24) is 4.90 Å². The number of nitro benzene ring substituents is 1. The van der Waals surface area contributed by atoms with Gasteiger partial charge in [0.25, 0.3) is 5.69 Å². The summed E-state index contributed by atoms with van der Waals surface area (Å²) < 4.78 is 0. The second-order valence-electron chi connectivity index (χ2n) is 5.65. The van der Waals surface area contributed by atoms with E-state index in [2.05, 4.69) is 5.32 Å². The summed E-state index contributed by atoms with van der Waals surface area (Å²) in [6.07, 6.45) is 0. The van der Waals surface area contributed by atoms with Crippen LogP contribution in [0.1, 0.15) is 5.56 Å². The molecule has 2 rings (SSSR count). The van der Waals surface area contributed by atoms with Crippen molar-refractivity contribution in [3.05, 3.63) is 64.2 Å². The first-order valence-electron chi connectivity index (χ1n) is 7.39. The average Bonchev–Trinajstić information content (AvgIpc) is 2.55. The number of hydrogen-bond donors (Lipinski definition) is 1. The van der Waals surface area contributed by atoms with Crippen LogP contribution in [0.15, 0.2) is 48.5 Å². The zero-order chi connectivity index (χ0) is 17.7. The molecule has 1 N–H and O–H groups in total. The number of nitrogens with one attached hydrogen (secondary N) is 1. The van der Waals surface area contributed by atoms with Crippen LogP contribution >= 0.6 is 0 Å². The molecule has 24 heavy (non-hydrogen) atoms. The van der Waals surface area contributed by atoms with Crippen LogP contribution in [0.4, 0.5) is 21.9 Å². The summed E-state index contributed by atoms with van der Waals surface area (Å²) in [6.45, 7) is 0.465. The molecule has 2 aromatic carbocycles. The number of amides is 2. The van der Waals surface area contributed by atoms with Gasteiger partial charge in [-0.05, 0) is 29.8 Å². The lowest BCUT2D eigenvalue weighted by Gasteiger charge is -2.19. The highest BCUT2D eigenvalue weighted by Crippen LogP contribution is 2.17. The Morgan fingerprint density at radius 3 is 2.12 bits per heavy atom. The van der Waals surface area contributed by atoms with E-state index in [1.807, 2.05) is 43.3 Å². The monoisotopic (exact) mass is 328 g/mol. The van der Waals surface area contributed by atoms with Gasteiger partial charge in [-0.25, -0.2) is 4.79 Å². The van der Waals surface area contributed by atoms with Gasteiger partial charge in [-0.15, -0.1) is 0 Å². The lowest BCUT2D eigenvalue weighted by atomic mass is 10.2. The minimum Gasteiger partial charge on any atom is -0.378 e. The molecule has 0 spiro atoms. The smallest absolute Gasteiger partial charge is 0.321 e. The SMILES string of the molecule is CN(Cc1ccc(N(C)C)cc1)C(=O)Nc1ccc([N+](=O)[O-])cc1. The highest BCUT2D eigenvalue weighted by atomic mass is 16.6. The second kappa shape index (κ2) is 7.45. The van der Waals surface area contributed by atoms with E-state index in [9.17, 15) is 14.9 Å². The van der Waals surface area contributed by atoms with Crippen molar-refractivity contribution in [3.63, 3.8) is 0 Å². The number of anilines is 2. The molecule has 0 unspecified atom stereocenters. The van der Waals surface area contributed by atoms with E-state index in [0.29, 0.717) is 12.2 Å². The first kappa shape index (κ1) is 17.3. The molecule has 0 saturated carbocycles. The molecule has 0 radical (unpaired) electrons. The molecule has 126 valence electrons. The molecule has 0 saturated heterocycles. The van der Waals surface area contributed by atoms with Crippen LogP contribution in [0.25, 0.3) is 0 Å². The van der Waals surface area contributed by atoms with Gasteiger partial charge >= 0.3 is 6.03 Å². The Morgan fingerprint density at radius 1 is 1.04 bits per heavy atom. The molecule has 0 atom stereocenters. The van der Waals surface area contributed by atoms with Gasteiger partial charge in [-0.3, -0.25) is 10.1 Å². The Morgan fingerprint density at radius 2 is 1.62 bits per heavy atom. The molecule has 0 aliphatic rings. The van der Waals surface area contributed by atoms with Gasteiger partial charge in [0.1, 0.15) is 0 Å². The molecule has 0 bridgehead atoms. The standard InChI is InChI=1S/C17H20N4O3/c1-19(2)15-8-4-13(5-9-15)12-20(3)17(22)18-14-6-10-16(11-7-14)21(23)24/h4-11H,12H2,1-3H3,(H,18,22). The fourth-order valence-corrected chi connectivity index (χ4v) is 2.13. The first-order chi connectivity index (χ1) is 11.4. The summed E-state index contributed by atoms with van der Waals surface area (Å²) in [5, 5.41) is 13.3. The average molecular weight is 328 g/mol. The highest BCUT2D eigenvalue weighted by Gasteiger charge is 2.11. The molecule has 0 aliphatic heterocycles. The minimum absolute atomic E-state index is 0.0117. The van der Waals surface area contributed by atoms with Crippen molar-refractivity contribution in [2.24, 2.45) is 0 Å². The summed E-state index contributed by atoms with van der Waals surface area (Å²) >= 11 is 0. The number of carbonyl (C=O) groups is 1. The third-order valence-electron chi connectivity index (χ3n) is 3.55. The maximum absolute atomic E-state index is 12.2. The first-order valence-corrected chi connectivity index (χ1v) is 7.39. The minimum atomic E-state index is -0.477. The van der Waals surface area contributed by atoms with Crippen LogP contribution in [0.5, 0.6) is 0 Å². The normalized spacial score (nSPS) is 10.1. The largest absolute Gasteiger partial charge is 0.378 e. The van der Waals surface area contributed by atoms with Gasteiger partial charge in [0.2, 0.25) is 0 Å². The zero-order valence-corrected chi connectivity index (χ0v) is 13.9. The predicted octanol–water partition coefficient (Wildman–Crippen LogP) is 3.32. The number of nitro groups is 1. The van der Waals surface area contributed by atoms with E-state index >= 15 is 0 Å². The Balaban J connectivity index is 1.95. The van der Waals surface area contributed by atoms with Crippen molar-refractivity contribution >= 4 is 23.1 Å². The molecule has 7 nitrogen and oxygen atoms in total. The molecule has 2 amide bonds. The Kier molecular flexibility index (Phi) is 5.36. The summed E-state index contributed by atoms with van der Waals surface area (Å²) in [6, 6.07) is 13.4. The molecule has 0 fully saturated rings. The Labute approximate surface area is 140 Å². The van der Waals surface area contributed by atoms with E-state index in [4.69, 9.17) is 0 Å². The quantitative estimate of drug-likeness (QED) is 0.674. The number of rotatable bonds is 5. The highest BCUT2D eigenvalue weighted by molar-refractivity contribution is 5.89. The van der Waals surface area contributed by atoms with E-state index in [0.717, 1.165) is 11.3 Å². The van der Waals surface area contributed by atoms with Gasteiger partial charge in [0.05, 0.1) is 4.92 Å². The molecule has 0 aromatic heterocycles. The van der Waals surface area contributed by atoms with E-state index in [1.54, 1.807) is 11.9 Å². The maximum Gasteiger partial charge on any atom is 0.321 e. The summed E-state index contributed by atoms with van der Waals surface area (Å²) in [5.74, 6) is 0. The predicted molar refractivity (Wildman–Crippen MR) is 94.4 cm³/mol. The Bertz CT molecular complexity index is 712. The van der Waals surface area contributed by atoms with Gasteiger partial charge in [-0.1, -0.05) is 12.1 Å². The third kappa shape index (κ3) is 4.45. The summed E-state index contributed by atoms with van der Waals surface area (Å²) in [4.78, 5) is 25.9. The number of hydrogen-bond acceptors (Lipinski definition) is 4. The third-order valence-corrected chi connectivity index (χ3v) is 3.55. The number of urea groups is 1. The number of carbonyl (C=O) groups excluding carboxylic acids is 1. The van der Waals surface area contributed by atoms with Crippen molar-refractivity contribution in [2.45, 2.75) is 6.54 Å². The van der Waals surface area contributed by atoms with Gasteiger partial charge in [0, 0.05) is 51.2 Å². The van der Waals surface area contributed by atoms with Gasteiger partial charge in [-0.2, -0.15) is 0 Å². The summed E-state index contributed by atoms with van der Waals surface area (Å²) in [5.41, 5.74) is 2.61. The van der Waals surface area contributed by atoms with Crippen LogP contribution in [0, 0.1) is 10.1 Å². The number of nitrogens with zero attached hydrogens (tertiary/aromatic N) is 3. The number of non-ortho nitro benzene ring substituents is 1. The number of benzene rings is 2. The fourth-order valence-electron chi connectivity index (χ4n) is 2.13. The summed E-state index contributed by atoms with van der Waals surface area (Å²) in [7, 11) is 5.64. The molecular formula is C17H20N4O3. The van der Waals surface area contributed by atoms with Gasteiger partial charge in [0.15, 0.2) is 0 Å². The Hall–Kier alpha value is -3.09. The van der Waals surface area contributed by atoms with Gasteiger partial charge < -0.3 is 15.1 Å². The van der Waals surface area contributed by atoms with E-state index in [-0.39, 0.29) is 11.7 Å². The molecule has 0 heterocycles. The lowest BCUT2D eigenvalue weighted by molar-refractivity contribution is -0.384.